The summed E-state index contributed by atoms with van der Waals surface area (Å²) < 4.78 is 0.511. The van der Waals surface area contributed by atoms with Gasteiger partial charge in [0.05, 0.1) is 10.6 Å². The van der Waals surface area contributed by atoms with Crippen molar-refractivity contribution in [3.8, 4) is 0 Å². The Morgan fingerprint density at radius 3 is 2.75 bits per heavy atom. The van der Waals surface area contributed by atoms with Crippen LogP contribution in [0.5, 0.6) is 0 Å². The SMILES string of the molecule is Cc1[nH]c(=O)sc1C(=O)Nc1cc([N+](=O)[O-])ccc1Br. The third kappa shape index (κ3) is 2.94. The lowest BCUT2D eigenvalue weighted by molar-refractivity contribution is -0.384. The molecule has 2 rings (SSSR count). The number of nitro benzene ring substituents is 1. The maximum Gasteiger partial charge on any atom is 0.305 e. The molecule has 7 nitrogen and oxygen atoms in total. The molecular weight excluding hydrogens is 350 g/mol. The van der Waals surface area contributed by atoms with Gasteiger partial charge in [-0.2, -0.15) is 0 Å². The van der Waals surface area contributed by atoms with Gasteiger partial charge < -0.3 is 10.3 Å². The number of hydrogen-bond acceptors (Lipinski definition) is 5. The van der Waals surface area contributed by atoms with Gasteiger partial charge in [0.1, 0.15) is 4.88 Å². The zero-order valence-corrected chi connectivity index (χ0v) is 12.5. The molecular formula is C11H8BrN3O4S. The Morgan fingerprint density at radius 2 is 2.20 bits per heavy atom. The van der Waals surface area contributed by atoms with Crippen LogP contribution in [-0.4, -0.2) is 15.8 Å². The Bertz CT molecular complexity index is 752. The summed E-state index contributed by atoms with van der Waals surface area (Å²) in [5, 5.41) is 13.2. The van der Waals surface area contributed by atoms with Gasteiger partial charge >= 0.3 is 4.87 Å². The van der Waals surface area contributed by atoms with Crippen molar-refractivity contribution < 1.29 is 9.72 Å². The second kappa shape index (κ2) is 5.55. The number of carbonyl (C=O) groups excluding carboxylic acids is 1. The van der Waals surface area contributed by atoms with E-state index in [-0.39, 0.29) is 21.1 Å². The summed E-state index contributed by atoms with van der Waals surface area (Å²) in [7, 11) is 0. The first-order valence-corrected chi connectivity index (χ1v) is 6.94. The number of anilines is 1. The van der Waals surface area contributed by atoms with Crippen molar-refractivity contribution in [3.63, 3.8) is 0 Å². The third-order valence-electron chi connectivity index (χ3n) is 2.44. The van der Waals surface area contributed by atoms with Crippen LogP contribution in [0.4, 0.5) is 11.4 Å². The summed E-state index contributed by atoms with van der Waals surface area (Å²) in [6, 6.07) is 4.03. The van der Waals surface area contributed by atoms with Gasteiger partial charge in [0.25, 0.3) is 11.6 Å². The minimum atomic E-state index is -0.554. The molecule has 2 aromatic rings. The van der Waals surface area contributed by atoms with Crippen LogP contribution in [0.1, 0.15) is 15.4 Å². The standard InChI is InChI=1S/C11H8BrN3O4S/c1-5-9(20-11(17)13-5)10(16)14-8-4-6(15(18)19)2-3-7(8)12/h2-4H,1H3,(H,13,17)(H,14,16). The monoisotopic (exact) mass is 357 g/mol. The first-order valence-electron chi connectivity index (χ1n) is 5.33. The number of amides is 1. The van der Waals surface area contributed by atoms with Gasteiger partial charge in [-0.25, -0.2) is 0 Å². The molecule has 2 N–H and O–H groups in total. The summed E-state index contributed by atoms with van der Waals surface area (Å²) in [4.78, 5) is 35.8. The molecule has 0 saturated carbocycles. The van der Waals surface area contributed by atoms with Gasteiger partial charge in [-0.3, -0.25) is 19.7 Å². The van der Waals surface area contributed by atoms with Crippen LogP contribution in [0, 0.1) is 17.0 Å². The van der Waals surface area contributed by atoms with E-state index >= 15 is 0 Å². The highest BCUT2D eigenvalue weighted by molar-refractivity contribution is 9.10. The van der Waals surface area contributed by atoms with Crippen molar-refractivity contribution in [2.45, 2.75) is 6.92 Å². The second-order valence-corrected chi connectivity index (χ2v) is 5.68. The fourth-order valence-corrected chi connectivity index (χ4v) is 2.61. The maximum absolute atomic E-state index is 12.0. The van der Waals surface area contributed by atoms with Crippen molar-refractivity contribution in [3.05, 3.63) is 53.0 Å². The van der Waals surface area contributed by atoms with Crippen LogP contribution in [-0.2, 0) is 0 Å². The fraction of sp³-hybridized carbons (Fsp3) is 0.0909. The number of H-pyrrole nitrogens is 1. The Hall–Kier alpha value is -2.00. The lowest BCUT2D eigenvalue weighted by Gasteiger charge is -2.06. The van der Waals surface area contributed by atoms with Crippen LogP contribution >= 0.6 is 27.3 Å². The minimum absolute atomic E-state index is 0.137. The molecule has 1 aromatic carbocycles. The molecule has 0 atom stereocenters. The highest BCUT2D eigenvalue weighted by atomic mass is 79.9. The summed E-state index contributed by atoms with van der Waals surface area (Å²) >= 11 is 3.99. The average Bonchev–Trinajstić information content (AvgIpc) is 2.71. The molecule has 0 radical (unpaired) electrons. The van der Waals surface area contributed by atoms with Gasteiger partial charge in [-0.1, -0.05) is 11.3 Å². The molecule has 0 unspecified atom stereocenters. The first kappa shape index (κ1) is 14.4. The van der Waals surface area contributed by atoms with Gasteiger partial charge in [0, 0.05) is 22.3 Å². The largest absolute Gasteiger partial charge is 0.320 e. The number of halogens is 1. The summed E-state index contributed by atoms with van der Waals surface area (Å²) in [6.45, 7) is 1.61. The van der Waals surface area contributed by atoms with Gasteiger partial charge in [-0.05, 0) is 28.9 Å². The van der Waals surface area contributed by atoms with E-state index in [2.05, 4.69) is 26.2 Å². The number of benzene rings is 1. The lowest BCUT2D eigenvalue weighted by atomic mass is 10.2. The molecule has 1 heterocycles. The number of non-ortho nitro benzene ring substituents is 1. The molecule has 0 spiro atoms. The maximum atomic E-state index is 12.0. The van der Waals surface area contributed by atoms with E-state index in [1.807, 2.05) is 0 Å². The van der Waals surface area contributed by atoms with Gasteiger partial charge in [0.15, 0.2) is 0 Å². The van der Waals surface area contributed by atoms with Gasteiger partial charge in [-0.15, -0.1) is 0 Å². The number of rotatable bonds is 3. The molecule has 0 aliphatic carbocycles. The Balaban J connectivity index is 2.32. The molecule has 0 aliphatic rings. The van der Waals surface area contributed by atoms with Crippen LogP contribution in [0.3, 0.4) is 0 Å². The number of aryl methyl sites for hydroxylation is 1. The van der Waals surface area contributed by atoms with E-state index in [0.717, 1.165) is 11.3 Å². The van der Waals surface area contributed by atoms with E-state index in [4.69, 9.17) is 0 Å². The van der Waals surface area contributed by atoms with Gasteiger partial charge in [0.2, 0.25) is 0 Å². The van der Waals surface area contributed by atoms with E-state index < -0.39 is 10.8 Å². The summed E-state index contributed by atoms with van der Waals surface area (Å²) in [6.07, 6.45) is 0. The quantitative estimate of drug-likeness (QED) is 0.650. The molecule has 1 aromatic heterocycles. The number of nitrogens with zero attached hydrogens (tertiary/aromatic N) is 1. The number of nitro groups is 1. The van der Waals surface area contributed by atoms with Crippen LogP contribution in [0.25, 0.3) is 0 Å². The van der Waals surface area contributed by atoms with E-state index in [9.17, 15) is 19.7 Å². The number of carbonyl (C=O) groups is 1. The predicted molar refractivity (Wildman–Crippen MR) is 78.4 cm³/mol. The smallest absolute Gasteiger partial charge is 0.305 e. The molecule has 104 valence electrons. The van der Waals surface area contributed by atoms with Crippen molar-refractivity contribution in [1.29, 1.82) is 0 Å². The second-order valence-electron chi connectivity index (χ2n) is 3.84. The summed E-state index contributed by atoms with van der Waals surface area (Å²) in [5.41, 5.74) is 0.589. The number of thiazole rings is 1. The van der Waals surface area contributed by atoms with E-state index in [1.165, 1.54) is 18.2 Å². The van der Waals surface area contributed by atoms with Crippen molar-refractivity contribution in [1.82, 2.24) is 4.98 Å². The van der Waals surface area contributed by atoms with Crippen molar-refractivity contribution in [2.24, 2.45) is 0 Å². The molecule has 0 fully saturated rings. The van der Waals surface area contributed by atoms with Crippen molar-refractivity contribution in [2.75, 3.05) is 5.32 Å². The fourth-order valence-electron chi connectivity index (χ4n) is 1.52. The zero-order valence-electron chi connectivity index (χ0n) is 10.1. The van der Waals surface area contributed by atoms with E-state index in [1.54, 1.807) is 6.92 Å². The molecule has 0 aliphatic heterocycles. The molecule has 0 bridgehead atoms. The predicted octanol–water partition coefficient (Wildman–Crippen LogP) is 2.67. The van der Waals surface area contributed by atoms with E-state index in [0.29, 0.717) is 10.2 Å². The average molecular weight is 358 g/mol. The highest BCUT2D eigenvalue weighted by Gasteiger charge is 2.16. The van der Waals surface area contributed by atoms with Crippen LogP contribution in [0.2, 0.25) is 0 Å². The molecule has 1 amide bonds. The molecule has 0 saturated heterocycles. The molecule has 9 heteroatoms. The number of nitrogens with one attached hydrogen (secondary N) is 2. The minimum Gasteiger partial charge on any atom is -0.320 e. The number of hydrogen-bond donors (Lipinski definition) is 2. The number of aromatic nitrogens is 1. The topological polar surface area (TPSA) is 105 Å². The first-order chi connectivity index (χ1) is 9.38. The van der Waals surface area contributed by atoms with Crippen molar-refractivity contribution >= 4 is 44.5 Å². The highest BCUT2D eigenvalue weighted by Crippen LogP contribution is 2.27. The lowest BCUT2D eigenvalue weighted by Crippen LogP contribution is -2.12. The Labute approximate surface area is 124 Å². The number of aromatic amines is 1. The zero-order chi connectivity index (χ0) is 14.9. The Kier molecular flexibility index (Phi) is 4.00. The molecule has 20 heavy (non-hydrogen) atoms. The summed E-state index contributed by atoms with van der Waals surface area (Å²) in [5.74, 6) is -0.493. The normalized spacial score (nSPS) is 10.3. The third-order valence-corrected chi connectivity index (χ3v) is 4.11. The van der Waals surface area contributed by atoms with Crippen LogP contribution in [0.15, 0.2) is 27.5 Å². The Morgan fingerprint density at radius 1 is 1.50 bits per heavy atom. The van der Waals surface area contributed by atoms with Crippen LogP contribution < -0.4 is 10.2 Å².